The zero-order valence-electron chi connectivity index (χ0n) is 16.9. The number of nitrogens with one attached hydrogen (secondary N) is 1. The zero-order chi connectivity index (χ0) is 20.2. The van der Waals surface area contributed by atoms with E-state index in [1.54, 1.807) is 6.07 Å². The van der Waals surface area contributed by atoms with Crippen molar-refractivity contribution in [1.29, 1.82) is 0 Å². The van der Waals surface area contributed by atoms with Crippen molar-refractivity contribution < 1.29 is 13.7 Å². The lowest BCUT2D eigenvalue weighted by Crippen LogP contribution is -2.41. The van der Waals surface area contributed by atoms with Crippen molar-refractivity contribution in [1.82, 2.24) is 15.4 Å². The van der Waals surface area contributed by atoms with Gasteiger partial charge < -0.3 is 14.3 Å². The summed E-state index contributed by atoms with van der Waals surface area (Å²) in [6, 6.07) is 15.3. The SMILES string of the molecule is Cc1ccc([C@H](CNC(=O)c2cc(-c3ccccc3)on2)N2CCC(C)CC2)o1. The lowest BCUT2D eigenvalue weighted by atomic mass is 9.97. The van der Waals surface area contributed by atoms with Gasteiger partial charge in [-0.1, -0.05) is 42.4 Å². The first kappa shape index (κ1) is 19.5. The van der Waals surface area contributed by atoms with Crippen LogP contribution in [0, 0.1) is 12.8 Å². The summed E-state index contributed by atoms with van der Waals surface area (Å²) >= 11 is 0. The molecule has 0 unspecified atom stereocenters. The Morgan fingerprint density at radius 2 is 1.97 bits per heavy atom. The number of likely N-dealkylation sites (tertiary alicyclic amines) is 1. The van der Waals surface area contributed by atoms with Crippen molar-refractivity contribution >= 4 is 5.91 Å². The number of furan rings is 1. The highest BCUT2D eigenvalue weighted by atomic mass is 16.5. The molecule has 0 spiro atoms. The molecule has 29 heavy (non-hydrogen) atoms. The van der Waals surface area contributed by atoms with Gasteiger partial charge in [0.2, 0.25) is 0 Å². The predicted molar refractivity (Wildman–Crippen MR) is 110 cm³/mol. The number of aryl methyl sites for hydroxylation is 1. The number of benzene rings is 1. The topological polar surface area (TPSA) is 71.5 Å². The Labute approximate surface area is 170 Å². The van der Waals surface area contributed by atoms with E-state index in [2.05, 4.69) is 22.3 Å². The number of hydrogen-bond acceptors (Lipinski definition) is 5. The zero-order valence-corrected chi connectivity index (χ0v) is 16.9. The van der Waals surface area contributed by atoms with Crippen molar-refractivity contribution in [2.75, 3.05) is 19.6 Å². The van der Waals surface area contributed by atoms with Gasteiger partial charge in [0.15, 0.2) is 11.5 Å². The van der Waals surface area contributed by atoms with Crippen molar-refractivity contribution in [3.8, 4) is 11.3 Å². The fraction of sp³-hybridized carbons (Fsp3) is 0.391. The first-order valence-corrected chi connectivity index (χ1v) is 10.2. The molecule has 4 rings (SSSR count). The molecule has 0 aliphatic carbocycles. The number of hydrogen-bond donors (Lipinski definition) is 1. The molecule has 1 aliphatic heterocycles. The number of aromatic nitrogens is 1. The maximum absolute atomic E-state index is 12.7. The molecule has 0 radical (unpaired) electrons. The molecule has 2 aromatic heterocycles. The first-order valence-electron chi connectivity index (χ1n) is 10.2. The van der Waals surface area contributed by atoms with Gasteiger partial charge in [-0.25, -0.2) is 0 Å². The van der Waals surface area contributed by atoms with E-state index < -0.39 is 0 Å². The molecule has 1 fully saturated rings. The van der Waals surface area contributed by atoms with Crippen LogP contribution in [0.5, 0.6) is 0 Å². The standard InChI is InChI=1S/C23H27N3O3/c1-16-10-12-26(13-11-16)20(21-9-8-17(2)28-21)15-24-23(27)19-14-22(29-25-19)18-6-4-3-5-7-18/h3-9,14,16,20H,10-13,15H2,1-2H3,(H,24,27)/t20-/m0/s1. The van der Waals surface area contributed by atoms with E-state index in [0.29, 0.717) is 12.3 Å². The minimum Gasteiger partial charge on any atom is -0.465 e. The Morgan fingerprint density at radius 3 is 2.66 bits per heavy atom. The van der Waals surface area contributed by atoms with E-state index in [9.17, 15) is 4.79 Å². The Kier molecular flexibility index (Phi) is 5.81. The molecule has 0 saturated carbocycles. The van der Waals surface area contributed by atoms with Gasteiger partial charge in [0.05, 0.1) is 6.04 Å². The Hall–Kier alpha value is -2.86. The summed E-state index contributed by atoms with van der Waals surface area (Å²) in [7, 11) is 0. The third-order valence-electron chi connectivity index (χ3n) is 5.61. The number of rotatable bonds is 6. The highest BCUT2D eigenvalue weighted by Gasteiger charge is 2.27. The maximum Gasteiger partial charge on any atom is 0.273 e. The van der Waals surface area contributed by atoms with Crippen molar-refractivity contribution in [3.05, 3.63) is 65.7 Å². The Morgan fingerprint density at radius 1 is 1.21 bits per heavy atom. The maximum atomic E-state index is 12.7. The average Bonchev–Trinajstić information content (AvgIpc) is 3.40. The third kappa shape index (κ3) is 4.59. The Balaban J connectivity index is 1.44. The predicted octanol–water partition coefficient (Wildman–Crippen LogP) is 4.45. The fourth-order valence-electron chi connectivity index (χ4n) is 3.78. The molecule has 6 nitrogen and oxygen atoms in total. The van der Waals surface area contributed by atoms with E-state index in [1.165, 1.54) is 0 Å². The number of nitrogens with zero attached hydrogens (tertiary/aromatic N) is 2. The van der Waals surface area contributed by atoms with Gasteiger partial charge in [-0.15, -0.1) is 0 Å². The molecule has 1 N–H and O–H groups in total. The highest BCUT2D eigenvalue weighted by Crippen LogP contribution is 2.28. The molecule has 3 aromatic rings. The minimum absolute atomic E-state index is 0.0145. The molecular formula is C23H27N3O3. The lowest BCUT2D eigenvalue weighted by Gasteiger charge is -2.35. The van der Waals surface area contributed by atoms with Crippen LogP contribution in [-0.2, 0) is 0 Å². The summed E-state index contributed by atoms with van der Waals surface area (Å²) in [6.07, 6.45) is 2.32. The van der Waals surface area contributed by atoms with Crippen LogP contribution in [0.2, 0.25) is 0 Å². The van der Waals surface area contributed by atoms with Gasteiger partial charge in [-0.05, 0) is 50.9 Å². The largest absolute Gasteiger partial charge is 0.465 e. The van der Waals surface area contributed by atoms with Crippen LogP contribution < -0.4 is 5.32 Å². The van der Waals surface area contributed by atoms with Crippen LogP contribution in [0.4, 0.5) is 0 Å². The molecule has 6 heteroatoms. The van der Waals surface area contributed by atoms with Crippen LogP contribution in [0.25, 0.3) is 11.3 Å². The molecule has 1 saturated heterocycles. The quantitative estimate of drug-likeness (QED) is 0.670. The molecule has 1 amide bonds. The van der Waals surface area contributed by atoms with E-state index in [4.69, 9.17) is 8.94 Å². The highest BCUT2D eigenvalue weighted by molar-refractivity contribution is 5.93. The second-order valence-corrected chi connectivity index (χ2v) is 7.84. The smallest absolute Gasteiger partial charge is 0.273 e. The fourth-order valence-corrected chi connectivity index (χ4v) is 3.78. The summed E-state index contributed by atoms with van der Waals surface area (Å²) in [4.78, 5) is 15.1. The van der Waals surface area contributed by atoms with Crippen LogP contribution in [-0.4, -0.2) is 35.6 Å². The van der Waals surface area contributed by atoms with Crippen LogP contribution in [0.3, 0.4) is 0 Å². The van der Waals surface area contributed by atoms with E-state index >= 15 is 0 Å². The molecule has 1 aliphatic rings. The summed E-state index contributed by atoms with van der Waals surface area (Å²) in [5.41, 5.74) is 1.18. The van der Waals surface area contributed by atoms with Crippen molar-refractivity contribution in [3.63, 3.8) is 0 Å². The number of piperidine rings is 1. The number of carbonyl (C=O) groups excluding carboxylic acids is 1. The van der Waals surface area contributed by atoms with Gasteiger partial charge in [-0.3, -0.25) is 9.69 Å². The second kappa shape index (κ2) is 8.66. The van der Waals surface area contributed by atoms with Crippen molar-refractivity contribution in [2.45, 2.75) is 32.7 Å². The summed E-state index contributed by atoms with van der Waals surface area (Å²) < 4.78 is 11.3. The Bertz CT molecular complexity index is 939. The van der Waals surface area contributed by atoms with E-state index in [-0.39, 0.29) is 17.6 Å². The summed E-state index contributed by atoms with van der Waals surface area (Å²) in [5.74, 6) is 2.85. The van der Waals surface area contributed by atoms with Gasteiger partial charge in [0.1, 0.15) is 11.5 Å². The van der Waals surface area contributed by atoms with Gasteiger partial charge in [0.25, 0.3) is 5.91 Å². The normalized spacial score (nSPS) is 16.6. The number of carbonyl (C=O) groups is 1. The van der Waals surface area contributed by atoms with Gasteiger partial charge in [-0.2, -0.15) is 0 Å². The van der Waals surface area contributed by atoms with Crippen LogP contribution >= 0.6 is 0 Å². The first-order chi connectivity index (χ1) is 14.1. The lowest BCUT2D eigenvalue weighted by molar-refractivity contribution is 0.0887. The summed E-state index contributed by atoms with van der Waals surface area (Å²) in [6.45, 7) is 6.71. The molecule has 1 atom stereocenters. The van der Waals surface area contributed by atoms with Crippen molar-refractivity contribution in [2.24, 2.45) is 5.92 Å². The molecule has 1 aromatic carbocycles. The minimum atomic E-state index is -0.241. The molecule has 152 valence electrons. The van der Waals surface area contributed by atoms with Gasteiger partial charge in [0, 0.05) is 18.2 Å². The van der Waals surface area contributed by atoms with Gasteiger partial charge >= 0.3 is 0 Å². The monoisotopic (exact) mass is 393 g/mol. The molecule has 3 heterocycles. The van der Waals surface area contributed by atoms with E-state index in [0.717, 1.165) is 48.9 Å². The molecule has 0 bridgehead atoms. The van der Waals surface area contributed by atoms with Crippen LogP contribution in [0.1, 0.15) is 47.8 Å². The number of amides is 1. The third-order valence-corrected chi connectivity index (χ3v) is 5.61. The van der Waals surface area contributed by atoms with E-state index in [1.807, 2.05) is 49.4 Å². The second-order valence-electron chi connectivity index (χ2n) is 7.84. The molecular weight excluding hydrogens is 366 g/mol. The van der Waals surface area contributed by atoms with Crippen LogP contribution in [0.15, 0.2) is 57.5 Å². The average molecular weight is 393 g/mol. The summed E-state index contributed by atoms with van der Waals surface area (Å²) in [5, 5.41) is 6.96.